The normalized spacial score (nSPS) is 35.2. The highest BCUT2D eigenvalue weighted by atomic mass is 16.5. The summed E-state index contributed by atoms with van der Waals surface area (Å²) in [4.78, 5) is 4.13. The Morgan fingerprint density at radius 2 is 2.11 bits per heavy atom. The zero-order valence-corrected chi connectivity index (χ0v) is 10.4. The van der Waals surface area contributed by atoms with Crippen molar-refractivity contribution in [2.24, 2.45) is 0 Å². The van der Waals surface area contributed by atoms with Gasteiger partial charge in [0.15, 0.2) is 0 Å². The van der Waals surface area contributed by atoms with Crippen LogP contribution in [0.15, 0.2) is 18.5 Å². The number of hydrogen-bond acceptors (Lipinski definition) is 5. The van der Waals surface area contributed by atoms with E-state index >= 15 is 0 Å². The highest BCUT2D eigenvalue weighted by Gasteiger charge is 2.42. The Labute approximate surface area is 106 Å². The number of aromatic nitrogens is 1. The summed E-state index contributed by atoms with van der Waals surface area (Å²) in [6, 6.07) is 2.30. The van der Waals surface area contributed by atoms with Crippen LogP contribution in [-0.2, 0) is 10.3 Å². The average molecular weight is 250 g/mol. The molecule has 0 spiro atoms. The first-order chi connectivity index (χ1) is 8.69. The van der Waals surface area contributed by atoms with E-state index in [9.17, 15) is 5.11 Å². The van der Waals surface area contributed by atoms with Gasteiger partial charge in [0.05, 0.1) is 32.1 Å². The summed E-state index contributed by atoms with van der Waals surface area (Å²) in [5, 5.41) is 14.3. The van der Waals surface area contributed by atoms with Crippen LogP contribution in [0.2, 0.25) is 0 Å². The van der Waals surface area contributed by atoms with Gasteiger partial charge in [-0.2, -0.15) is 0 Å². The molecule has 0 aromatic carbocycles. The molecule has 2 saturated heterocycles. The lowest BCUT2D eigenvalue weighted by Crippen LogP contribution is -2.58. The molecule has 2 fully saturated rings. The first-order valence-electron chi connectivity index (χ1n) is 6.25. The molecule has 2 unspecified atom stereocenters. The van der Waals surface area contributed by atoms with E-state index in [0.717, 1.165) is 5.56 Å². The van der Waals surface area contributed by atoms with Gasteiger partial charge in [-0.25, -0.2) is 0 Å². The molecule has 0 aliphatic carbocycles. The third-order valence-electron chi connectivity index (χ3n) is 3.76. The minimum Gasteiger partial charge on any atom is -0.495 e. The monoisotopic (exact) mass is 250 g/mol. The molecular weight excluding hydrogens is 232 g/mol. The van der Waals surface area contributed by atoms with Crippen LogP contribution in [-0.4, -0.2) is 42.5 Å². The van der Waals surface area contributed by atoms with Crippen LogP contribution in [0.3, 0.4) is 0 Å². The number of methoxy groups -OCH3 is 1. The van der Waals surface area contributed by atoms with Crippen molar-refractivity contribution >= 4 is 0 Å². The first-order valence-corrected chi connectivity index (χ1v) is 6.25. The van der Waals surface area contributed by atoms with Gasteiger partial charge in [-0.15, -0.1) is 0 Å². The Morgan fingerprint density at radius 1 is 1.39 bits per heavy atom. The maximum Gasteiger partial charge on any atom is 0.137 e. The molecule has 18 heavy (non-hydrogen) atoms. The Hall–Kier alpha value is -1.17. The van der Waals surface area contributed by atoms with E-state index in [4.69, 9.17) is 9.47 Å². The average Bonchev–Trinajstić information content (AvgIpc) is 2.38. The molecular formula is C13H18N2O3. The lowest BCUT2D eigenvalue weighted by atomic mass is 9.78. The smallest absolute Gasteiger partial charge is 0.137 e. The number of pyridine rings is 1. The van der Waals surface area contributed by atoms with Gasteiger partial charge in [-0.05, 0) is 18.9 Å². The molecule has 1 aromatic heterocycles. The molecule has 2 bridgehead atoms. The predicted octanol–water partition coefficient (Wildman–Crippen LogP) is 0.429. The van der Waals surface area contributed by atoms with Gasteiger partial charge in [0.2, 0.25) is 0 Å². The number of piperidine rings is 1. The van der Waals surface area contributed by atoms with Crippen molar-refractivity contribution in [1.29, 1.82) is 0 Å². The van der Waals surface area contributed by atoms with Crippen LogP contribution in [0.4, 0.5) is 0 Å². The molecule has 3 rings (SSSR count). The molecule has 0 radical (unpaired) electrons. The quantitative estimate of drug-likeness (QED) is 0.797. The zero-order chi connectivity index (χ0) is 12.6. The van der Waals surface area contributed by atoms with E-state index in [0.29, 0.717) is 31.8 Å². The third-order valence-corrected chi connectivity index (χ3v) is 3.76. The Balaban J connectivity index is 1.89. The Morgan fingerprint density at radius 3 is 2.78 bits per heavy atom. The van der Waals surface area contributed by atoms with Crippen LogP contribution in [0, 0.1) is 0 Å². The van der Waals surface area contributed by atoms with Crippen LogP contribution in [0.1, 0.15) is 18.4 Å². The van der Waals surface area contributed by atoms with Crippen LogP contribution in [0.5, 0.6) is 5.75 Å². The fourth-order valence-corrected chi connectivity index (χ4v) is 2.94. The number of hydrogen-bond donors (Lipinski definition) is 2. The van der Waals surface area contributed by atoms with Crippen molar-refractivity contribution < 1.29 is 14.6 Å². The number of nitrogens with zero attached hydrogens (tertiary/aromatic N) is 1. The fraction of sp³-hybridized carbons (Fsp3) is 0.615. The van der Waals surface area contributed by atoms with Gasteiger partial charge in [0.25, 0.3) is 0 Å². The van der Waals surface area contributed by atoms with Crippen molar-refractivity contribution in [2.75, 3.05) is 20.3 Å². The second-order valence-electron chi connectivity index (χ2n) is 5.15. The molecule has 2 atom stereocenters. The molecule has 0 saturated carbocycles. The molecule has 2 N–H and O–H groups in total. The van der Waals surface area contributed by atoms with Crippen LogP contribution >= 0.6 is 0 Å². The van der Waals surface area contributed by atoms with Crippen LogP contribution < -0.4 is 10.1 Å². The van der Waals surface area contributed by atoms with E-state index in [2.05, 4.69) is 10.3 Å². The van der Waals surface area contributed by atoms with Crippen molar-refractivity contribution in [3.63, 3.8) is 0 Å². The molecule has 3 heterocycles. The van der Waals surface area contributed by atoms with E-state index in [-0.39, 0.29) is 12.1 Å². The summed E-state index contributed by atoms with van der Waals surface area (Å²) in [7, 11) is 1.61. The van der Waals surface area contributed by atoms with Crippen molar-refractivity contribution in [2.45, 2.75) is 30.5 Å². The van der Waals surface area contributed by atoms with E-state index in [1.807, 2.05) is 6.07 Å². The number of fused-ring (bicyclic) bond motifs is 2. The number of ether oxygens (including phenoxy) is 2. The highest BCUT2D eigenvalue weighted by molar-refractivity contribution is 5.29. The van der Waals surface area contributed by atoms with Crippen LogP contribution in [0.25, 0.3) is 0 Å². The molecule has 2 aliphatic rings. The molecule has 2 aliphatic heterocycles. The number of morpholine rings is 1. The summed E-state index contributed by atoms with van der Waals surface area (Å²) < 4.78 is 10.7. The predicted molar refractivity (Wildman–Crippen MR) is 65.5 cm³/mol. The minimum atomic E-state index is -0.827. The summed E-state index contributed by atoms with van der Waals surface area (Å²) in [5.74, 6) is 0.681. The van der Waals surface area contributed by atoms with Gasteiger partial charge in [0.1, 0.15) is 5.75 Å². The number of rotatable bonds is 2. The summed E-state index contributed by atoms with van der Waals surface area (Å²) >= 11 is 0. The lowest BCUT2D eigenvalue weighted by Gasteiger charge is -2.45. The maximum absolute atomic E-state index is 10.9. The second-order valence-corrected chi connectivity index (χ2v) is 5.15. The van der Waals surface area contributed by atoms with Gasteiger partial charge in [-0.3, -0.25) is 4.98 Å². The van der Waals surface area contributed by atoms with Gasteiger partial charge >= 0.3 is 0 Å². The number of aliphatic hydroxyl groups is 1. The Bertz CT molecular complexity index is 426. The van der Waals surface area contributed by atoms with E-state index < -0.39 is 5.60 Å². The summed E-state index contributed by atoms with van der Waals surface area (Å²) in [5.41, 5.74) is 0.00609. The molecule has 5 nitrogen and oxygen atoms in total. The standard InChI is InChI=1S/C13H18N2O3/c1-17-12-2-9(5-14-6-12)13(16)3-10-7-18-8-11(4-13)15-10/h2,5-6,10-11,15-16H,3-4,7-8H2,1H3. The SMILES string of the molecule is COc1cncc(C2(O)CC3COCC(C2)N3)c1. The van der Waals surface area contributed by atoms with Crippen molar-refractivity contribution in [1.82, 2.24) is 10.3 Å². The molecule has 98 valence electrons. The van der Waals surface area contributed by atoms with Crippen molar-refractivity contribution in [3.05, 3.63) is 24.0 Å². The zero-order valence-electron chi connectivity index (χ0n) is 10.4. The Kier molecular flexibility index (Phi) is 2.97. The fourth-order valence-electron chi connectivity index (χ4n) is 2.94. The van der Waals surface area contributed by atoms with Gasteiger partial charge < -0.3 is 19.9 Å². The second kappa shape index (κ2) is 4.50. The van der Waals surface area contributed by atoms with E-state index in [1.54, 1.807) is 19.5 Å². The lowest BCUT2D eigenvalue weighted by molar-refractivity contribution is -0.0804. The summed E-state index contributed by atoms with van der Waals surface area (Å²) in [6.45, 7) is 1.33. The van der Waals surface area contributed by atoms with Gasteiger partial charge in [-0.1, -0.05) is 0 Å². The third kappa shape index (κ3) is 2.09. The first kappa shape index (κ1) is 11.9. The molecule has 1 aromatic rings. The highest BCUT2D eigenvalue weighted by Crippen LogP contribution is 2.37. The van der Waals surface area contributed by atoms with E-state index in [1.165, 1.54) is 0 Å². The molecule has 5 heteroatoms. The minimum absolute atomic E-state index is 0.216. The maximum atomic E-state index is 10.9. The number of nitrogens with one attached hydrogen (secondary N) is 1. The largest absolute Gasteiger partial charge is 0.495 e. The van der Waals surface area contributed by atoms with Gasteiger partial charge in [0, 0.05) is 23.8 Å². The summed E-state index contributed by atoms with van der Waals surface area (Å²) in [6.07, 6.45) is 4.68. The topological polar surface area (TPSA) is 63.6 Å². The molecule has 0 amide bonds. The van der Waals surface area contributed by atoms with Crippen molar-refractivity contribution in [3.8, 4) is 5.75 Å².